The highest BCUT2D eigenvalue weighted by molar-refractivity contribution is 7.13. The molecule has 4 aromatic rings. The minimum absolute atomic E-state index is 0.114. The van der Waals surface area contributed by atoms with E-state index in [1.54, 1.807) is 30.6 Å². The normalized spacial score (nSPS) is 10.6. The van der Waals surface area contributed by atoms with E-state index in [4.69, 9.17) is 0 Å². The number of carbonyl (C=O) groups excluding carboxylic acids is 1. The maximum Gasteiger partial charge on any atom is 0.279 e. The van der Waals surface area contributed by atoms with Crippen molar-refractivity contribution in [3.8, 4) is 21.8 Å². The van der Waals surface area contributed by atoms with Crippen LogP contribution in [0.4, 0.5) is 17.1 Å². The lowest BCUT2D eigenvalue weighted by Crippen LogP contribution is -2.13. The first-order valence-corrected chi connectivity index (χ1v) is 10.4. The molecule has 0 aliphatic carbocycles. The van der Waals surface area contributed by atoms with Gasteiger partial charge in [0.1, 0.15) is 10.6 Å². The van der Waals surface area contributed by atoms with E-state index in [2.05, 4.69) is 15.3 Å². The predicted octanol–water partition coefficient (Wildman–Crippen LogP) is 5.25. The summed E-state index contributed by atoms with van der Waals surface area (Å²) in [6, 6.07) is 12.7. The second kappa shape index (κ2) is 8.93. The zero-order chi connectivity index (χ0) is 23.5. The third-order valence-corrected chi connectivity index (χ3v) is 5.73. The molecule has 2 aromatic carbocycles. The molecule has 0 atom stereocenters. The van der Waals surface area contributed by atoms with Crippen LogP contribution in [0, 0.1) is 27.2 Å². The Balaban J connectivity index is 1.61. The summed E-state index contributed by atoms with van der Waals surface area (Å²) in [6.45, 7) is 1.27. The zero-order valence-corrected chi connectivity index (χ0v) is 17.9. The van der Waals surface area contributed by atoms with Gasteiger partial charge in [0, 0.05) is 46.7 Å². The number of nitrogens with zero attached hydrogens (tertiary/aromatic N) is 4. The number of hydrogen-bond donors (Lipinski definition) is 1. The van der Waals surface area contributed by atoms with Crippen molar-refractivity contribution in [3.63, 3.8) is 0 Å². The van der Waals surface area contributed by atoms with Crippen molar-refractivity contribution in [2.24, 2.45) is 0 Å². The minimum Gasteiger partial charge on any atom is -0.322 e. The van der Waals surface area contributed by atoms with Crippen LogP contribution in [0.15, 0.2) is 66.3 Å². The Kier molecular flexibility index (Phi) is 5.87. The number of hydrogen-bond acceptors (Lipinski definition) is 8. The second-order valence-corrected chi connectivity index (χ2v) is 7.83. The van der Waals surface area contributed by atoms with Gasteiger partial charge in [-0.05, 0) is 31.2 Å². The molecule has 0 spiro atoms. The van der Waals surface area contributed by atoms with Crippen LogP contribution in [0.2, 0.25) is 0 Å². The Labute approximate surface area is 190 Å². The highest BCUT2D eigenvalue weighted by Crippen LogP contribution is 2.31. The summed E-state index contributed by atoms with van der Waals surface area (Å²) in [5.41, 5.74) is 1.48. The molecular weight excluding hydrogens is 446 g/mol. The van der Waals surface area contributed by atoms with E-state index in [-0.39, 0.29) is 11.1 Å². The van der Waals surface area contributed by atoms with Crippen LogP contribution < -0.4 is 5.32 Å². The molecule has 0 unspecified atom stereocenters. The molecule has 0 fully saturated rings. The number of thiazole rings is 1. The third-order valence-electron chi connectivity index (χ3n) is 4.84. The molecule has 0 aliphatic heterocycles. The number of nitro groups is 2. The summed E-state index contributed by atoms with van der Waals surface area (Å²) in [5.74, 6) is -0.701. The lowest BCUT2D eigenvalue weighted by Gasteiger charge is -2.08. The van der Waals surface area contributed by atoms with Gasteiger partial charge in [0.15, 0.2) is 0 Å². The van der Waals surface area contributed by atoms with Gasteiger partial charge in [-0.25, -0.2) is 4.98 Å². The Morgan fingerprint density at radius 3 is 2.33 bits per heavy atom. The van der Waals surface area contributed by atoms with Gasteiger partial charge in [-0.15, -0.1) is 11.3 Å². The molecule has 33 heavy (non-hydrogen) atoms. The van der Waals surface area contributed by atoms with E-state index >= 15 is 0 Å². The number of anilines is 1. The predicted molar refractivity (Wildman–Crippen MR) is 123 cm³/mol. The first-order valence-electron chi connectivity index (χ1n) is 9.54. The monoisotopic (exact) mass is 461 g/mol. The van der Waals surface area contributed by atoms with Crippen molar-refractivity contribution in [3.05, 3.63) is 97.7 Å². The number of nitrogens with one attached hydrogen (secondary N) is 1. The van der Waals surface area contributed by atoms with E-state index in [0.717, 1.165) is 28.3 Å². The molecule has 0 saturated heterocycles. The van der Waals surface area contributed by atoms with Crippen molar-refractivity contribution in [2.75, 3.05) is 5.32 Å². The zero-order valence-electron chi connectivity index (χ0n) is 17.1. The number of nitro benzene ring substituents is 2. The summed E-state index contributed by atoms with van der Waals surface area (Å²) in [4.78, 5) is 42.5. The molecule has 10 nitrogen and oxygen atoms in total. The SMILES string of the molecule is Cc1c([N+](=O)[O-])cc(C(=O)Nc2cccc(-c3csc(-c4cccnc4)n3)c2)cc1[N+](=O)[O-]. The average Bonchev–Trinajstić information content (AvgIpc) is 3.30. The largest absolute Gasteiger partial charge is 0.322 e. The molecule has 0 aliphatic rings. The fraction of sp³-hybridized carbons (Fsp3) is 0.0455. The van der Waals surface area contributed by atoms with Gasteiger partial charge < -0.3 is 5.32 Å². The molecule has 1 amide bonds. The van der Waals surface area contributed by atoms with Crippen LogP contribution in [0.3, 0.4) is 0 Å². The Morgan fingerprint density at radius 2 is 1.70 bits per heavy atom. The Morgan fingerprint density at radius 1 is 1.00 bits per heavy atom. The van der Waals surface area contributed by atoms with Gasteiger partial charge in [-0.3, -0.25) is 30.0 Å². The maximum absolute atomic E-state index is 12.7. The van der Waals surface area contributed by atoms with Crippen LogP contribution in [-0.2, 0) is 0 Å². The number of rotatable bonds is 6. The second-order valence-electron chi connectivity index (χ2n) is 6.97. The summed E-state index contributed by atoms with van der Waals surface area (Å²) < 4.78 is 0. The fourth-order valence-corrected chi connectivity index (χ4v) is 4.00. The Hall–Kier alpha value is -4.51. The lowest BCUT2D eigenvalue weighted by atomic mass is 10.1. The number of amides is 1. The smallest absolute Gasteiger partial charge is 0.279 e. The van der Waals surface area contributed by atoms with Crippen LogP contribution in [0.1, 0.15) is 15.9 Å². The first kappa shape index (κ1) is 21.7. The molecule has 4 rings (SSSR count). The first-order chi connectivity index (χ1) is 15.8. The van der Waals surface area contributed by atoms with Crippen LogP contribution in [-0.4, -0.2) is 25.7 Å². The fourth-order valence-electron chi connectivity index (χ4n) is 3.18. The number of carbonyl (C=O) groups is 1. The number of pyridine rings is 1. The molecule has 2 aromatic heterocycles. The van der Waals surface area contributed by atoms with Gasteiger partial charge in [-0.1, -0.05) is 12.1 Å². The van der Waals surface area contributed by atoms with Gasteiger partial charge >= 0.3 is 0 Å². The summed E-state index contributed by atoms with van der Waals surface area (Å²) in [7, 11) is 0. The van der Waals surface area contributed by atoms with Gasteiger partial charge in [0.2, 0.25) is 0 Å². The van der Waals surface area contributed by atoms with Crippen molar-refractivity contribution in [1.29, 1.82) is 0 Å². The standard InChI is InChI=1S/C22H15N5O5S/c1-13-19(26(29)30)9-16(10-20(13)27(31)32)21(28)24-17-6-2-4-14(8-17)18-12-33-22(25-18)15-5-3-7-23-11-15/h2-12H,1H3,(H,24,28). The molecule has 164 valence electrons. The lowest BCUT2D eigenvalue weighted by molar-refractivity contribution is -0.395. The topological polar surface area (TPSA) is 141 Å². The van der Waals surface area contributed by atoms with E-state index in [0.29, 0.717) is 11.4 Å². The van der Waals surface area contributed by atoms with E-state index in [1.807, 2.05) is 23.6 Å². The number of benzene rings is 2. The van der Waals surface area contributed by atoms with E-state index in [9.17, 15) is 25.0 Å². The van der Waals surface area contributed by atoms with E-state index in [1.165, 1.54) is 18.3 Å². The molecule has 11 heteroatoms. The van der Waals surface area contributed by atoms with Crippen molar-refractivity contribution in [2.45, 2.75) is 6.92 Å². The molecule has 0 saturated carbocycles. The quantitative estimate of drug-likeness (QED) is 0.305. The molecular formula is C22H15N5O5S. The molecule has 0 bridgehead atoms. The van der Waals surface area contributed by atoms with E-state index < -0.39 is 27.1 Å². The molecule has 2 heterocycles. The van der Waals surface area contributed by atoms with Gasteiger partial charge in [0.25, 0.3) is 17.3 Å². The minimum atomic E-state index is -0.748. The van der Waals surface area contributed by atoms with Gasteiger partial charge in [0.05, 0.1) is 21.1 Å². The highest BCUT2D eigenvalue weighted by atomic mass is 32.1. The Bertz CT molecular complexity index is 1350. The summed E-state index contributed by atoms with van der Waals surface area (Å²) in [6.07, 6.45) is 3.40. The maximum atomic E-state index is 12.7. The van der Waals surface area contributed by atoms with Gasteiger partial charge in [-0.2, -0.15) is 0 Å². The van der Waals surface area contributed by atoms with Crippen molar-refractivity contribution >= 4 is 34.3 Å². The van der Waals surface area contributed by atoms with Crippen LogP contribution in [0.5, 0.6) is 0 Å². The number of aromatic nitrogens is 2. The van der Waals surface area contributed by atoms with Crippen molar-refractivity contribution in [1.82, 2.24) is 9.97 Å². The van der Waals surface area contributed by atoms with Crippen molar-refractivity contribution < 1.29 is 14.6 Å². The summed E-state index contributed by atoms with van der Waals surface area (Å²) in [5, 5.41) is 27.9. The third kappa shape index (κ3) is 4.57. The summed E-state index contributed by atoms with van der Waals surface area (Å²) >= 11 is 1.46. The molecule has 1 N–H and O–H groups in total. The molecule has 0 radical (unpaired) electrons. The van der Waals surface area contributed by atoms with Crippen LogP contribution >= 0.6 is 11.3 Å². The highest BCUT2D eigenvalue weighted by Gasteiger charge is 2.25. The average molecular weight is 461 g/mol. The van der Waals surface area contributed by atoms with Crippen LogP contribution in [0.25, 0.3) is 21.8 Å².